The number of anilines is 1. The van der Waals surface area contributed by atoms with Crippen molar-refractivity contribution in [3.8, 4) is 0 Å². The van der Waals surface area contributed by atoms with Gasteiger partial charge in [0.05, 0.1) is 10.7 Å². The fourth-order valence-corrected chi connectivity index (χ4v) is 1.75. The standard InChI is InChI=1S/C13H18Cl2N2O/c1-13(2,3)11(16)7-12(18)17-10-5-4-8(14)6-9(10)15/h4-6,11H,7,16H2,1-3H3,(H,17,18). The van der Waals surface area contributed by atoms with Crippen LogP contribution in [0, 0.1) is 5.41 Å². The van der Waals surface area contributed by atoms with Crippen molar-refractivity contribution in [3.63, 3.8) is 0 Å². The molecule has 0 fully saturated rings. The summed E-state index contributed by atoms with van der Waals surface area (Å²) in [6.07, 6.45) is 0.252. The number of hydrogen-bond acceptors (Lipinski definition) is 2. The van der Waals surface area contributed by atoms with Crippen molar-refractivity contribution < 1.29 is 4.79 Å². The Kier molecular flexibility index (Phi) is 5.02. The van der Waals surface area contributed by atoms with Crippen LogP contribution in [0.15, 0.2) is 18.2 Å². The molecule has 3 N–H and O–H groups in total. The van der Waals surface area contributed by atoms with Gasteiger partial charge in [0.25, 0.3) is 0 Å². The van der Waals surface area contributed by atoms with Gasteiger partial charge in [-0.1, -0.05) is 44.0 Å². The summed E-state index contributed by atoms with van der Waals surface area (Å²) in [6.45, 7) is 6.00. The molecule has 0 saturated carbocycles. The number of nitrogens with one attached hydrogen (secondary N) is 1. The first-order valence-electron chi connectivity index (χ1n) is 5.70. The SMILES string of the molecule is CC(C)(C)C(N)CC(=O)Nc1ccc(Cl)cc1Cl. The Morgan fingerprint density at radius 2 is 2.00 bits per heavy atom. The highest BCUT2D eigenvalue weighted by Gasteiger charge is 2.23. The molecule has 0 aliphatic heterocycles. The zero-order chi connectivity index (χ0) is 13.9. The van der Waals surface area contributed by atoms with Crippen molar-refractivity contribution in [2.75, 3.05) is 5.32 Å². The monoisotopic (exact) mass is 288 g/mol. The third kappa shape index (κ3) is 4.48. The molecule has 18 heavy (non-hydrogen) atoms. The number of carbonyl (C=O) groups is 1. The molecule has 1 amide bonds. The van der Waals surface area contributed by atoms with Crippen molar-refractivity contribution in [3.05, 3.63) is 28.2 Å². The number of hydrogen-bond donors (Lipinski definition) is 2. The summed E-state index contributed by atoms with van der Waals surface area (Å²) in [6, 6.07) is 4.73. The summed E-state index contributed by atoms with van der Waals surface area (Å²) in [5, 5.41) is 3.68. The van der Waals surface area contributed by atoms with Gasteiger partial charge in [0.15, 0.2) is 0 Å². The number of nitrogens with two attached hydrogens (primary N) is 1. The Morgan fingerprint density at radius 1 is 1.39 bits per heavy atom. The highest BCUT2D eigenvalue weighted by atomic mass is 35.5. The smallest absolute Gasteiger partial charge is 0.225 e. The number of amides is 1. The Labute approximate surface area is 118 Å². The first kappa shape index (κ1) is 15.3. The molecule has 1 atom stereocenters. The van der Waals surface area contributed by atoms with E-state index in [0.717, 1.165) is 0 Å². The third-order valence-electron chi connectivity index (χ3n) is 2.72. The molecule has 100 valence electrons. The van der Waals surface area contributed by atoms with Crippen LogP contribution in [0.4, 0.5) is 5.69 Å². The number of rotatable bonds is 3. The zero-order valence-corrected chi connectivity index (χ0v) is 12.3. The van der Waals surface area contributed by atoms with E-state index in [1.165, 1.54) is 0 Å². The molecule has 0 saturated heterocycles. The normalized spacial score (nSPS) is 13.2. The Bertz CT molecular complexity index is 441. The third-order valence-corrected chi connectivity index (χ3v) is 3.27. The predicted molar refractivity (Wildman–Crippen MR) is 77.1 cm³/mol. The predicted octanol–water partition coefficient (Wildman–Crippen LogP) is 3.70. The van der Waals surface area contributed by atoms with Crippen LogP contribution in [0.3, 0.4) is 0 Å². The minimum atomic E-state index is -0.205. The van der Waals surface area contributed by atoms with Crippen LogP contribution in [0.25, 0.3) is 0 Å². The molecule has 1 aromatic rings. The topological polar surface area (TPSA) is 55.1 Å². The average Bonchev–Trinajstić information content (AvgIpc) is 2.20. The number of benzene rings is 1. The minimum Gasteiger partial charge on any atom is -0.327 e. The molecule has 0 heterocycles. The molecule has 1 aromatic carbocycles. The zero-order valence-electron chi connectivity index (χ0n) is 10.8. The highest BCUT2D eigenvalue weighted by Crippen LogP contribution is 2.26. The van der Waals surface area contributed by atoms with Crippen LogP contribution < -0.4 is 11.1 Å². The largest absolute Gasteiger partial charge is 0.327 e. The van der Waals surface area contributed by atoms with Gasteiger partial charge in [-0.25, -0.2) is 0 Å². The first-order chi connectivity index (χ1) is 8.20. The van der Waals surface area contributed by atoms with Gasteiger partial charge in [-0.15, -0.1) is 0 Å². The van der Waals surface area contributed by atoms with E-state index in [0.29, 0.717) is 15.7 Å². The average molecular weight is 289 g/mol. The summed E-state index contributed by atoms with van der Waals surface area (Å²) in [7, 11) is 0. The van der Waals surface area contributed by atoms with E-state index < -0.39 is 0 Å². The van der Waals surface area contributed by atoms with Gasteiger partial charge in [0.1, 0.15) is 0 Å². The van der Waals surface area contributed by atoms with E-state index in [4.69, 9.17) is 28.9 Å². The quantitative estimate of drug-likeness (QED) is 0.891. The van der Waals surface area contributed by atoms with Crippen LogP contribution in [-0.2, 0) is 4.79 Å². The lowest BCUT2D eigenvalue weighted by Crippen LogP contribution is -2.38. The lowest BCUT2D eigenvalue weighted by molar-refractivity contribution is -0.117. The molecule has 0 aliphatic rings. The molecule has 0 aliphatic carbocycles. The van der Waals surface area contributed by atoms with Crippen LogP contribution >= 0.6 is 23.2 Å². The van der Waals surface area contributed by atoms with E-state index in [-0.39, 0.29) is 23.8 Å². The fourth-order valence-electron chi connectivity index (χ4n) is 1.30. The molecule has 0 bridgehead atoms. The van der Waals surface area contributed by atoms with Gasteiger partial charge in [-0.2, -0.15) is 0 Å². The van der Waals surface area contributed by atoms with Crippen LogP contribution in [0.1, 0.15) is 27.2 Å². The summed E-state index contributed by atoms with van der Waals surface area (Å²) in [5.41, 5.74) is 6.39. The van der Waals surface area contributed by atoms with E-state index in [1.54, 1.807) is 18.2 Å². The summed E-state index contributed by atoms with van der Waals surface area (Å²) < 4.78 is 0. The second-order valence-corrected chi connectivity index (χ2v) is 6.19. The highest BCUT2D eigenvalue weighted by molar-refractivity contribution is 6.36. The molecule has 0 spiro atoms. The van der Waals surface area contributed by atoms with Gasteiger partial charge in [0, 0.05) is 17.5 Å². The number of carbonyl (C=O) groups excluding carboxylic acids is 1. The Morgan fingerprint density at radius 3 is 2.50 bits per heavy atom. The first-order valence-corrected chi connectivity index (χ1v) is 6.46. The van der Waals surface area contributed by atoms with Crippen molar-refractivity contribution in [2.24, 2.45) is 11.1 Å². The fraction of sp³-hybridized carbons (Fsp3) is 0.462. The number of halogens is 2. The summed E-state index contributed by atoms with van der Waals surface area (Å²) >= 11 is 11.8. The van der Waals surface area contributed by atoms with Gasteiger partial charge in [-0.05, 0) is 23.6 Å². The van der Waals surface area contributed by atoms with Crippen molar-refractivity contribution >= 4 is 34.8 Å². The van der Waals surface area contributed by atoms with Crippen LogP contribution in [0.2, 0.25) is 10.0 Å². The molecule has 0 aromatic heterocycles. The van der Waals surface area contributed by atoms with Gasteiger partial charge in [0.2, 0.25) is 5.91 Å². The molecular formula is C13H18Cl2N2O. The molecule has 1 unspecified atom stereocenters. The van der Waals surface area contributed by atoms with E-state index in [2.05, 4.69) is 5.32 Å². The lowest BCUT2D eigenvalue weighted by Gasteiger charge is -2.26. The van der Waals surface area contributed by atoms with E-state index in [1.807, 2.05) is 20.8 Å². The van der Waals surface area contributed by atoms with Crippen LogP contribution in [-0.4, -0.2) is 11.9 Å². The van der Waals surface area contributed by atoms with E-state index in [9.17, 15) is 4.79 Å². The molecule has 1 rings (SSSR count). The Hall–Kier alpha value is -0.770. The summed E-state index contributed by atoms with van der Waals surface area (Å²) in [4.78, 5) is 11.8. The molecule has 3 nitrogen and oxygen atoms in total. The maximum atomic E-state index is 11.8. The van der Waals surface area contributed by atoms with Crippen LogP contribution in [0.5, 0.6) is 0 Å². The minimum absolute atomic E-state index is 0.110. The maximum Gasteiger partial charge on any atom is 0.225 e. The second kappa shape index (κ2) is 5.91. The summed E-state index contributed by atoms with van der Waals surface area (Å²) in [5.74, 6) is -0.151. The maximum absolute atomic E-state index is 11.8. The van der Waals surface area contributed by atoms with Gasteiger partial charge >= 0.3 is 0 Å². The van der Waals surface area contributed by atoms with Crippen molar-refractivity contribution in [1.29, 1.82) is 0 Å². The van der Waals surface area contributed by atoms with Gasteiger partial charge < -0.3 is 11.1 Å². The molecular weight excluding hydrogens is 271 g/mol. The van der Waals surface area contributed by atoms with Crippen molar-refractivity contribution in [2.45, 2.75) is 33.2 Å². The Balaban J connectivity index is 2.65. The van der Waals surface area contributed by atoms with E-state index >= 15 is 0 Å². The molecule has 5 heteroatoms. The second-order valence-electron chi connectivity index (χ2n) is 5.35. The molecule has 0 radical (unpaired) electrons. The lowest BCUT2D eigenvalue weighted by atomic mass is 9.85. The van der Waals surface area contributed by atoms with Crippen molar-refractivity contribution in [1.82, 2.24) is 0 Å². The van der Waals surface area contributed by atoms with Gasteiger partial charge in [-0.3, -0.25) is 4.79 Å².